The van der Waals surface area contributed by atoms with E-state index in [1.165, 1.54) is 12.1 Å². The molecule has 0 spiro atoms. The maximum absolute atomic E-state index is 13.7. The van der Waals surface area contributed by atoms with E-state index in [1.54, 1.807) is 41.3 Å². The van der Waals surface area contributed by atoms with Crippen LogP contribution in [0.2, 0.25) is 5.02 Å². The van der Waals surface area contributed by atoms with Gasteiger partial charge in [-0.05, 0) is 48.5 Å². The van der Waals surface area contributed by atoms with Crippen LogP contribution in [-0.4, -0.2) is 15.7 Å². The first kappa shape index (κ1) is 14.3. The fourth-order valence-corrected chi connectivity index (χ4v) is 2.13. The van der Waals surface area contributed by atoms with Crippen molar-refractivity contribution in [1.29, 1.82) is 0 Å². The maximum Gasteiger partial charge on any atom is 0.255 e. The molecule has 0 aliphatic rings. The molecular formula is C16H11ClFN3O. The zero-order chi connectivity index (χ0) is 15.5. The number of anilines is 1. The zero-order valence-electron chi connectivity index (χ0n) is 11.3. The minimum Gasteiger partial charge on any atom is -0.319 e. The molecule has 1 aromatic heterocycles. The van der Waals surface area contributed by atoms with E-state index < -0.39 is 11.7 Å². The van der Waals surface area contributed by atoms with Crippen molar-refractivity contribution < 1.29 is 9.18 Å². The van der Waals surface area contributed by atoms with Gasteiger partial charge < -0.3 is 5.32 Å². The first-order chi connectivity index (χ1) is 10.6. The topological polar surface area (TPSA) is 46.9 Å². The van der Waals surface area contributed by atoms with Crippen molar-refractivity contribution in [1.82, 2.24) is 9.78 Å². The molecule has 0 bridgehead atoms. The Morgan fingerprint density at radius 2 is 1.95 bits per heavy atom. The van der Waals surface area contributed by atoms with Gasteiger partial charge in [0.25, 0.3) is 5.91 Å². The fourth-order valence-electron chi connectivity index (χ4n) is 1.97. The van der Waals surface area contributed by atoms with Gasteiger partial charge in [-0.1, -0.05) is 11.6 Å². The van der Waals surface area contributed by atoms with Crippen LogP contribution in [0.15, 0.2) is 60.9 Å². The minimum absolute atomic E-state index is 0.0885. The van der Waals surface area contributed by atoms with Crippen LogP contribution in [0.1, 0.15) is 10.4 Å². The predicted octanol–water partition coefficient (Wildman–Crippen LogP) is 3.92. The van der Waals surface area contributed by atoms with Crippen LogP contribution >= 0.6 is 11.6 Å². The van der Waals surface area contributed by atoms with Gasteiger partial charge in [-0.25, -0.2) is 9.07 Å². The largest absolute Gasteiger partial charge is 0.319 e. The summed E-state index contributed by atoms with van der Waals surface area (Å²) in [7, 11) is 0. The molecule has 2 aromatic carbocycles. The normalized spacial score (nSPS) is 10.5. The molecule has 0 fully saturated rings. The second-order valence-corrected chi connectivity index (χ2v) is 5.01. The van der Waals surface area contributed by atoms with Crippen LogP contribution in [-0.2, 0) is 0 Å². The number of nitrogens with zero attached hydrogens (tertiary/aromatic N) is 2. The highest BCUT2D eigenvalue weighted by atomic mass is 35.5. The van der Waals surface area contributed by atoms with Crippen LogP contribution < -0.4 is 5.32 Å². The molecule has 0 unspecified atom stereocenters. The molecule has 3 aromatic rings. The number of hydrogen-bond donors (Lipinski definition) is 1. The number of benzene rings is 2. The highest BCUT2D eigenvalue weighted by Crippen LogP contribution is 2.19. The molecule has 0 saturated heterocycles. The van der Waals surface area contributed by atoms with Gasteiger partial charge in [0.05, 0.1) is 11.4 Å². The number of carbonyl (C=O) groups is 1. The number of rotatable bonds is 3. The number of amides is 1. The molecule has 0 saturated carbocycles. The molecule has 0 atom stereocenters. The first-order valence-electron chi connectivity index (χ1n) is 6.50. The molecule has 22 heavy (non-hydrogen) atoms. The van der Waals surface area contributed by atoms with Gasteiger partial charge in [0.15, 0.2) is 0 Å². The van der Waals surface area contributed by atoms with E-state index >= 15 is 0 Å². The summed E-state index contributed by atoms with van der Waals surface area (Å²) in [5.41, 5.74) is 1.34. The lowest BCUT2D eigenvalue weighted by molar-refractivity contribution is 0.102. The van der Waals surface area contributed by atoms with Crippen molar-refractivity contribution >= 4 is 23.2 Å². The number of hydrogen-bond acceptors (Lipinski definition) is 2. The van der Waals surface area contributed by atoms with Crippen molar-refractivity contribution in [3.63, 3.8) is 0 Å². The molecule has 110 valence electrons. The Morgan fingerprint density at radius 1 is 1.18 bits per heavy atom. The Balaban J connectivity index is 1.77. The third-order valence-corrected chi connectivity index (χ3v) is 3.31. The van der Waals surface area contributed by atoms with Gasteiger partial charge in [0.2, 0.25) is 0 Å². The van der Waals surface area contributed by atoms with Crippen molar-refractivity contribution in [2.75, 3.05) is 5.32 Å². The molecule has 0 aliphatic heterocycles. The third-order valence-electron chi connectivity index (χ3n) is 3.08. The Morgan fingerprint density at radius 3 is 2.59 bits per heavy atom. The van der Waals surface area contributed by atoms with E-state index in [0.717, 1.165) is 11.8 Å². The Labute approximate surface area is 131 Å². The Bertz CT molecular complexity index is 801. The van der Waals surface area contributed by atoms with Gasteiger partial charge in [-0.2, -0.15) is 5.10 Å². The molecule has 3 rings (SSSR count). The molecule has 6 heteroatoms. The van der Waals surface area contributed by atoms with Crippen LogP contribution in [0.25, 0.3) is 5.69 Å². The molecule has 0 radical (unpaired) electrons. The van der Waals surface area contributed by atoms with E-state index in [4.69, 9.17) is 11.6 Å². The van der Waals surface area contributed by atoms with E-state index in [-0.39, 0.29) is 10.7 Å². The summed E-state index contributed by atoms with van der Waals surface area (Å²) in [4.78, 5) is 12.1. The lowest BCUT2D eigenvalue weighted by Crippen LogP contribution is -2.13. The maximum atomic E-state index is 13.7. The highest BCUT2D eigenvalue weighted by molar-refractivity contribution is 6.30. The second-order valence-electron chi connectivity index (χ2n) is 4.58. The summed E-state index contributed by atoms with van der Waals surface area (Å²) in [6, 6.07) is 12.7. The molecule has 0 aliphatic carbocycles. The van der Waals surface area contributed by atoms with Crippen LogP contribution in [0.4, 0.5) is 10.1 Å². The summed E-state index contributed by atoms with van der Waals surface area (Å²) in [5.74, 6) is -0.970. The first-order valence-corrected chi connectivity index (χ1v) is 6.88. The molecule has 4 nitrogen and oxygen atoms in total. The van der Waals surface area contributed by atoms with E-state index in [9.17, 15) is 9.18 Å². The average molecular weight is 316 g/mol. The zero-order valence-corrected chi connectivity index (χ0v) is 12.1. The van der Waals surface area contributed by atoms with Crippen molar-refractivity contribution in [3.8, 4) is 5.69 Å². The SMILES string of the molecule is O=C(Nc1ccc(Cl)cc1F)c1ccc(-n2cccn2)cc1. The number of nitrogens with one attached hydrogen (secondary N) is 1. The quantitative estimate of drug-likeness (QED) is 0.796. The highest BCUT2D eigenvalue weighted by Gasteiger charge is 2.10. The number of aromatic nitrogens is 2. The van der Waals surface area contributed by atoms with Gasteiger partial charge in [-0.15, -0.1) is 0 Å². The molecular weight excluding hydrogens is 305 g/mol. The molecule has 1 heterocycles. The van der Waals surface area contributed by atoms with Gasteiger partial charge in [0.1, 0.15) is 5.82 Å². The smallest absolute Gasteiger partial charge is 0.255 e. The van der Waals surface area contributed by atoms with Crippen LogP contribution in [0, 0.1) is 5.82 Å². The van der Waals surface area contributed by atoms with Crippen molar-refractivity contribution in [2.24, 2.45) is 0 Å². The van der Waals surface area contributed by atoms with Gasteiger partial charge in [-0.3, -0.25) is 4.79 Å². The fraction of sp³-hybridized carbons (Fsp3) is 0. The Hall–Kier alpha value is -2.66. The molecule has 1 N–H and O–H groups in total. The summed E-state index contributed by atoms with van der Waals surface area (Å²) in [6.07, 6.45) is 3.47. The number of halogens is 2. The average Bonchev–Trinajstić information content (AvgIpc) is 3.04. The van der Waals surface area contributed by atoms with Crippen molar-refractivity contribution in [3.05, 3.63) is 77.3 Å². The van der Waals surface area contributed by atoms with E-state index in [0.29, 0.717) is 5.56 Å². The summed E-state index contributed by atoms with van der Waals surface area (Å²) >= 11 is 5.68. The van der Waals surface area contributed by atoms with E-state index in [1.807, 2.05) is 6.07 Å². The molecule has 1 amide bonds. The third kappa shape index (κ3) is 2.99. The summed E-state index contributed by atoms with van der Waals surface area (Å²) in [5, 5.41) is 6.89. The minimum atomic E-state index is -0.575. The number of carbonyl (C=O) groups excluding carboxylic acids is 1. The Kier molecular flexibility index (Phi) is 3.89. The lowest BCUT2D eigenvalue weighted by atomic mass is 10.2. The van der Waals surface area contributed by atoms with Crippen molar-refractivity contribution in [2.45, 2.75) is 0 Å². The van der Waals surface area contributed by atoms with Gasteiger partial charge >= 0.3 is 0 Å². The van der Waals surface area contributed by atoms with Crippen LogP contribution in [0.5, 0.6) is 0 Å². The lowest BCUT2D eigenvalue weighted by Gasteiger charge is -2.07. The van der Waals surface area contributed by atoms with Gasteiger partial charge in [0, 0.05) is 23.0 Å². The predicted molar refractivity (Wildman–Crippen MR) is 82.9 cm³/mol. The second kappa shape index (κ2) is 5.99. The monoisotopic (exact) mass is 315 g/mol. The summed E-state index contributed by atoms with van der Waals surface area (Å²) in [6.45, 7) is 0. The summed E-state index contributed by atoms with van der Waals surface area (Å²) < 4.78 is 15.3. The van der Waals surface area contributed by atoms with Crippen LogP contribution in [0.3, 0.4) is 0 Å². The standard InChI is InChI=1S/C16H11ClFN3O/c17-12-4-7-15(14(18)10-12)20-16(22)11-2-5-13(6-3-11)21-9-1-8-19-21/h1-10H,(H,20,22). The van der Waals surface area contributed by atoms with E-state index in [2.05, 4.69) is 10.4 Å².